The van der Waals surface area contributed by atoms with Crippen molar-refractivity contribution in [1.82, 2.24) is 42.5 Å². The lowest BCUT2D eigenvalue weighted by molar-refractivity contribution is -0.143. The number of benzene rings is 2. The number of hydrogen-bond acceptors (Lipinski definition) is 18. The highest BCUT2D eigenvalue weighted by molar-refractivity contribution is 5.99. The van der Waals surface area contributed by atoms with Crippen molar-refractivity contribution in [3.05, 3.63) is 59.7 Å². The Morgan fingerprint density at radius 2 is 0.826 bits per heavy atom. The molecule has 27 N–H and O–H groups in total. The van der Waals surface area contributed by atoms with Gasteiger partial charge in [0.25, 0.3) is 0 Å². The van der Waals surface area contributed by atoms with Crippen LogP contribution < -0.4 is 82.7 Å². The SMILES string of the molecule is CC(C)C[C@H](NC(=O)[C@H](CC(N)=O)NC(=O)[C@H](Cc1ccc(O)cc1)NC(=O)[C@H](Cc1ccc(O)cc1)NC(=O)[C@H](CCCN=C(N)N)NC(=O)[C@@H](N)CC(=O)O)C(=O)N[C@@H](CCCN=C(N)N)C(=O)N[C@@H](CO)C(=O)N[C@@H](CCCCN)C(=O)O. The lowest BCUT2D eigenvalue weighted by Crippen LogP contribution is -2.61. The fourth-order valence-corrected chi connectivity index (χ4v) is 8.22. The standard InChI is InChI=1S/C53H83N17O16/c1-27(2)21-36(46(80)64-34(9-6-20-62-53(59)60)45(79)70-40(26-71)50(84)65-35(51(85)86)7-3-4-18-54)66-49(83)39(25-41(56)74)69-48(82)38(23-29-12-16-31(73)17-13-29)68-47(81)37(22-28-10-14-30(72)15-11-28)67-44(78)33(8-5-19-61-52(57)58)63-43(77)32(55)24-42(75)76/h10-17,27,32-40,71-73H,3-9,18-26,54-55H2,1-2H3,(H2,56,74)(H,63,77)(H,64,80)(H,65,84)(H,66,83)(H,67,78)(H,68,81)(H,69,82)(H,70,79)(H,75,76)(H,85,86)(H4,57,58,61)(H4,59,60,62)/t32-,33-,34-,35-,36-,37-,38-,39-,40-/m0/s1. The summed E-state index contributed by atoms with van der Waals surface area (Å²) in [5, 5.41) is 68.6. The van der Waals surface area contributed by atoms with Gasteiger partial charge in [0.1, 0.15) is 59.8 Å². The molecule has 0 unspecified atom stereocenters. The number of aliphatic hydroxyl groups excluding tert-OH is 1. The van der Waals surface area contributed by atoms with E-state index in [0.717, 1.165) is 0 Å². The first-order chi connectivity index (χ1) is 40.5. The molecule has 0 aliphatic carbocycles. The summed E-state index contributed by atoms with van der Waals surface area (Å²) in [5.74, 6) is -13.6. The average Bonchev–Trinajstić information content (AvgIpc) is 3.65. The Morgan fingerprint density at radius 3 is 1.23 bits per heavy atom. The van der Waals surface area contributed by atoms with Crippen molar-refractivity contribution >= 4 is 77.0 Å². The Kier molecular flexibility index (Phi) is 31.9. The second-order valence-corrected chi connectivity index (χ2v) is 20.4. The van der Waals surface area contributed by atoms with E-state index in [1.54, 1.807) is 13.8 Å². The van der Waals surface area contributed by atoms with E-state index in [2.05, 4.69) is 52.5 Å². The van der Waals surface area contributed by atoms with Crippen molar-refractivity contribution in [3.63, 3.8) is 0 Å². The van der Waals surface area contributed by atoms with Crippen LogP contribution in [0, 0.1) is 5.92 Å². The Morgan fingerprint density at radius 1 is 0.465 bits per heavy atom. The summed E-state index contributed by atoms with van der Waals surface area (Å²) in [6.07, 6.45) is -2.05. The van der Waals surface area contributed by atoms with Gasteiger partial charge in [-0.05, 0) is 99.2 Å². The summed E-state index contributed by atoms with van der Waals surface area (Å²) in [7, 11) is 0. The van der Waals surface area contributed by atoms with Gasteiger partial charge >= 0.3 is 11.9 Å². The minimum atomic E-state index is -1.88. The predicted octanol–water partition coefficient (Wildman–Crippen LogP) is -6.20. The van der Waals surface area contributed by atoms with Crippen LogP contribution in [0.3, 0.4) is 0 Å². The summed E-state index contributed by atoms with van der Waals surface area (Å²) in [5.41, 5.74) is 39.3. The number of amides is 9. The van der Waals surface area contributed by atoms with Crippen LogP contribution in [0.15, 0.2) is 58.5 Å². The number of hydrogen-bond donors (Lipinski definition) is 20. The van der Waals surface area contributed by atoms with E-state index in [1.165, 1.54) is 48.5 Å². The molecule has 9 amide bonds. The van der Waals surface area contributed by atoms with Gasteiger partial charge in [0, 0.05) is 25.9 Å². The molecular formula is C53H83N17O16. The van der Waals surface area contributed by atoms with Gasteiger partial charge in [0.2, 0.25) is 53.2 Å². The highest BCUT2D eigenvalue weighted by atomic mass is 16.4. The van der Waals surface area contributed by atoms with Gasteiger partial charge in [-0.3, -0.25) is 57.9 Å². The molecule has 0 bridgehead atoms. The van der Waals surface area contributed by atoms with E-state index in [0.29, 0.717) is 24.0 Å². The molecule has 86 heavy (non-hydrogen) atoms. The van der Waals surface area contributed by atoms with Crippen molar-refractivity contribution in [2.24, 2.45) is 56.0 Å². The Balaban J connectivity index is 2.60. The quantitative estimate of drug-likeness (QED) is 0.0168. The molecule has 2 rings (SSSR count). The molecule has 0 spiro atoms. The molecular weight excluding hydrogens is 1130 g/mol. The van der Waals surface area contributed by atoms with Gasteiger partial charge in [-0.15, -0.1) is 0 Å². The third kappa shape index (κ3) is 28.3. The molecule has 33 nitrogen and oxygen atoms in total. The van der Waals surface area contributed by atoms with E-state index in [-0.39, 0.29) is 100 Å². The third-order valence-corrected chi connectivity index (χ3v) is 12.7. The number of nitrogens with zero attached hydrogens (tertiary/aromatic N) is 2. The first-order valence-corrected chi connectivity index (χ1v) is 27.4. The number of carbonyl (C=O) groups is 11. The molecule has 0 saturated heterocycles. The first-order valence-electron chi connectivity index (χ1n) is 27.4. The molecule has 2 aromatic carbocycles. The molecule has 0 aliphatic rings. The summed E-state index contributed by atoms with van der Waals surface area (Å²) >= 11 is 0. The van der Waals surface area contributed by atoms with E-state index >= 15 is 0 Å². The molecule has 0 saturated carbocycles. The van der Waals surface area contributed by atoms with Gasteiger partial charge in [0.05, 0.1) is 25.5 Å². The van der Waals surface area contributed by atoms with E-state index in [1.807, 2.05) is 0 Å². The molecule has 33 heteroatoms. The number of carbonyl (C=O) groups excluding carboxylic acids is 9. The lowest BCUT2D eigenvalue weighted by atomic mass is 10.00. The van der Waals surface area contributed by atoms with Gasteiger partial charge in [0.15, 0.2) is 11.9 Å². The smallest absolute Gasteiger partial charge is 0.326 e. The largest absolute Gasteiger partial charge is 0.508 e. The number of aromatic hydroxyl groups is 2. The maximum atomic E-state index is 14.6. The number of unbranched alkanes of at least 4 members (excludes halogenated alkanes) is 1. The second-order valence-electron chi connectivity index (χ2n) is 20.4. The van der Waals surface area contributed by atoms with E-state index in [4.69, 9.17) is 40.1 Å². The number of phenolic OH excluding ortho intramolecular Hbond substituents is 2. The van der Waals surface area contributed by atoms with E-state index < -0.39 is 139 Å². The fraction of sp³-hybridized carbons (Fsp3) is 0.528. The van der Waals surface area contributed by atoms with Gasteiger partial charge in [-0.25, -0.2) is 4.79 Å². The van der Waals surface area contributed by atoms with Gasteiger partial charge in [-0.1, -0.05) is 38.1 Å². The molecule has 0 fully saturated rings. The van der Waals surface area contributed by atoms with E-state index in [9.17, 15) is 78.3 Å². The number of guanidine groups is 2. The van der Waals surface area contributed by atoms with Crippen LogP contribution in [-0.4, -0.2) is 183 Å². The summed E-state index contributed by atoms with van der Waals surface area (Å²) in [6.45, 7) is 2.54. The molecule has 0 radical (unpaired) electrons. The van der Waals surface area contributed by atoms with Crippen molar-refractivity contribution < 1.29 is 78.3 Å². The molecule has 2 aromatic rings. The summed E-state index contributed by atoms with van der Waals surface area (Å²) in [6, 6.07) is -3.66. The number of carboxylic acid groups (broad SMARTS) is 2. The third-order valence-electron chi connectivity index (χ3n) is 12.7. The van der Waals surface area contributed by atoms with Crippen LogP contribution in [-0.2, 0) is 65.6 Å². The van der Waals surface area contributed by atoms with Gasteiger partial charge < -0.3 is 108 Å². The van der Waals surface area contributed by atoms with Crippen LogP contribution in [0.25, 0.3) is 0 Å². The highest BCUT2D eigenvalue weighted by Crippen LogP contribution is 2.16. The number of primary amides is 1. The van der Waals surface area contributed by atoms with Crippen molar-refractivity contribution in [1.29, 1.82) is 0 Å². The van der Waals surface area contributed by atoms with Crippen LogP contribution in [0.1, 0.15) is 89.2 Å². The fourth-order valence-electron chi connectivity index (χ4n) is 8.22. The second kappa shape index (κ2) is 37.8. The highest BCUT2D eigenvalue weighted by Gasteiger charge is 2.36. The van der Waals surface area contributed by atoms with Crippen molar-refractivity contribution in [2.45, 2.75) is 145 Å². The summed E-state index contributed by atoms with van der Waals surface area (Å²) in [4.78, 5) is 156. The minimum Gasteiger partial charge on any atom is -0.508 e. The Bertz CT molecular complexity index is 2670. The maximum absolute atomic E-state index is 14.6. The van der Waals surface area contributed by atoms with Crippen molar-refractivity contribution in [2.75, 3.05) is 26.2 Å². The number of nitrogens with one attached hydrogen (secondary N) is 8. The monoisotopic (exact) mass is 1210 g/mol. The lowest BCUT2D eigenvalue weighted by Gasteiger charge is -2.28. The van der Waals surface area contributed by atoms with Crippen LogP contribution in [0.4, 0.5) is 0 Å². The zero-order valence-corrected chi connectivity index (χ0v) is 47.9. The van der Waals surface area contributed by atoms with Crippen LogP contribution >= 0.6 is 0 Å². The van der Waals surface area contributed by atoms with Crippen molar-refractivity contribution in [3.8, 4) is 11.5 Å². The number of carboxylic acids is 2. The zero-order chi connectivity index (χ0) is 64.6. The summed E-state index contributed by atoms with van der Waals surface area (Å²) < 4.78 is 0. The number of aliphatic imine (C=N–C) groups is 2. The van der Waals surface area contributed by atoms with Crippen LogP contribution in [0.2, 0.25) is 0 Å². The normalized spacial score (nSPS) is 14.1. The maximum Gasteiger partial charge on any atom is 0.326 e. The minimum absolute atomic E-state index is 0.0174. The molecule has 0 aromatic heterocycles. The number of aliphatic hydroxyl groups is 1. The molecule has 9 atom stereocenters. The number of phenols is 2. The molecule has 0 aliphatic heterocycles. The topological polar surface area (TPSA) is 592 Å². The van der Waals surface area contributed by atoms with Crippen LogP contribution in [0.5, 0.6) is 11.5 Å². The number of nitrogens with two attached hydrogens (primary N) is 7. The first kappa shape index (κ1) is 72.7. The molecule has 0 heterocycles. The Hall–Kier alpha value is -9.37. The van der Waals surface area contributed by atoms with Gasteiger partial charge in [-0.2, -0.15) is 0 Å². The number of aliphatic carboxylic acids is 2. The molecule has 476 valence electrons. The predicted molar refractivity (Wildman–Crippen MR) is 310 cm³/mol. The number of rotatable bonds is 40. The Labute approximate surface area is 495 Å². The average molecular weight is 1210 g/mol. The zero-order valence-electron chi connectivity index (χ0n) is 47.9.